The maximum Gasteiger partial charge on any atom is 0.0102 e. The van der Waals surface area contributed by atoms with Gasteiger partial charge in [0.15, 0.2) is 0 Å². The predicted molar refractivity (Wildman–Crippen MR) is 76.7 cm³/mol. The highest BCUT2D eigenvalue weighted by atomic mass is 79.9. The van der Waals surface area contributed by atoms with Gasteiger partial charge in [-0.3, -0.25) is 0 Å². The van der Waals surface area contributed by atoms with Crippen molar-refractivity contribution in [3.8, 4) is 0 Å². The summed E-state index contributed by atoms with van der Waals surface area (Å²) in [5, 5.41) is 1.16. The second-order valence-corrected chi connectivity index (χ2v) is 6.62. The third kappa shape index (κ3) is 2.65. The summed E-state index contributed by atoms with van der Waals surface area (Å²) in [4.78, 5) is 1.46. The highest BCUT2D eigenvalue weighted by Gasteiger charge is 2.35. The van der Waals surface area contributed by atoms with E-state index in [9.17, 15) is 0 Å². The Morgan fingerprint density at radius 3 is 2.56 bits per heavy atom. The van der Waals surface area contributed by atoms with E-state index in [4.69, 9.17) is 0 Å². The van der Waals surface area contributed by atoms with Gasteiger partial charge in [-0.05, 0) is 43.7 Å². The van der Waals surface area contributed by atoms with Crippen molar-refractivity contribution in [3.63, 3.8) is 0 Å². The highest BCUT2D eigenvalue weighted by Crippen LogP contribution is 2.46. The molecule has 0 aromatic heterocycles. The van der Waals surface area contributed by atoms with E-state index in [0.29, 0.717) is 5.41 Å². The van der Waals surface area contributed by atoms with Crippen molar-refractivity contribution in [2.24, 2.45) is 5.41 Å². The molecule has 1 fully saturated rings. The molecule has 2 rings (SSSR count). The molecule has 1 aliphatic rings. The number of alkyl halides is 1. The van der Waals surface area contributed by atoms with Crippen molar-refractivity contribution >= 4 is 27.7 Å². The van der Waals surface area contributed by atoms with Gasteiger partial charge in [0.05, 0.1) is 0 Å². The van der Waals surface area contributed by atoms with Gasteiger partial charge in [-0.25, -0.2) is 0 Å². The van der Waals surface area contributed by atoms with Crippen molar-refractivity contribution in [2.45, 2.75) is 38.0 Å². The van der Waals surface area contributed by atoms with Gasteiger partial charge in [-0.2, -0.15) is 0 Å². The van der Waals surface area contributed by atoms with Crippen LogP contribution < -0.4 is 0 Å². The number of hydrogen-bond acceptors (Lipinski definition) is 1. The van der Waals surface area contributed by atoms with Crippen LogP contribution in [0, 0.1) is 19.3 Å². The molecule has 1 aromatic rings. The van der Waals surface area contributed by atoms with Gasteiger partial charge in [0.2, 0.25) is 0 Å². The molecule has 0 atom stereocenters. The predicted octanol–water partition coefficient (Wildman–Crippen LogP) is 4.96. The zero-order valence-electron chi connectivity index (χ0n) is 10.1. The van der Waals surface area contributed by atoms with E-state index in [0.717, 1.165) is 5.33 Å². The summed E-state index contributed by atoms with van der Waals surface area (Å²) in [6.45, 7) is 4.38. The van der Waals surface area contributed by atoms with E-state index < -0.39 is 0 Å². The second-order valence-electron chi connectivity index (χ2n) is 5.04. The Labute approximate surface area is 111 Å². The molecule has 0 N–H and O–H groups in total. The minimum absolute atomic E-state index is 0.585. The van der Waals surface area contributed by atoms with Crippen molar-refractivity contribution in [3.05, 3.63) is 29.3 Å². The van der Waals surface area contributed by atoms with Crippen LogP contribution in [0.3, 0.4) is 0 Å². The molecule has 0 amide bonds. The first-order valence-corrected chi connectivity index (χ1v) is 8.02. The summed E-state index contributed by atoms with van der Waals surface area (Å²) in [5.41, 5.74) is 3.37. The molecule has 0 saturated heterocycles. The summed E-state index contributed by atoms with van der Waals surface area (Å²) in [6.07, 6.45) is 4.21. The van der Waals surface area contributed by atoms with Gasteiger partial charge in [0.1, 0.15) is 0 Å². The maximum absolute atomic E-state index is 3.67. The molecule has 0 heterocycles. The van der Waals surface area contributed by atoms with Gasteiger partial charge in [0, 0.05) is 16.0 Å². The van der Waals surface area contributed by atoms with Crippen LogP contribution in [0.5, 0.6) is 0 Å². The van der Waals surface area contributed by atoms with Gasteiger partial charge >= 0.3 is 0 Å². The molecule has 1 aliphatic carbocycles. The smallest absolute Gasteiger partial charge is 0.0102 e. The molecule has 1 saturated carbocycles. The Bertz CT molecular complexity index is 363. The SMILES string of the molecule is Cc1ccc(SCC2(CBr)CCC2)c(C)c1. The number of thioether (sulfide) groups is 1. The number of halogens is 1. The molecule has 0 spiro atoms. The van der Waals surface area contributed by atoms with Crippen molar-refractivity contribution in [2.75, 3.05) is 11.1 Å². The van der Waals surface area contributed by atoms with Crippen LogP contribution in [0.15, 0.2) is 23.1 Å². The summed E-state index contributed by atoms with van der Waals surface area (Å²) < 4.78 is 0. The lowest BCUT2D eigenvalue weighted by Crippen LogP contribution is -2.33. The van der Waals surface area contributed by atoms with Crippen molar-refractivity contribution in [1.82, 2.24) is 0 Å². The molecule has 0 nitrogen and oxygen atoms in total. The van der Waals surface area contributed by atoms with Gasteiger partial charge in [-0.1, -0.05) is 40.0 Å². The zero-order valence-corrected chi connectivity index (χ0v) is 12.5. The van der Waals surface area contributed by atoms with E-state index in [-0.39, 0.29) is 0 Å². The number of rotatable bonds is 4. The summed E-state index contributed by atoms with van der Waals surface area (Å²) in [5.74, 6) is 1.27. The third-order valence-electron chi connectivity index (χ3n) is 3.56. The monoisotopic (exact) mass is 298 g/mol. The standard InChI is InChI=1S/C14H19BrS/c1-11-4-5-13(12(2)8-11)16-10-14(9-15)6-3-7-14/h4-5,8H,3,6-7,9-10H2,1-2H3. The Morgan fingerprint density at radius 2 is 2.06 bits per heavy atom. The normalized spacial score (nSPS) is 18.2. The number of benzene rings is 1. The quantitative estimate of drug-likeness (QED) is 0.559. The molecule has 0 unspecified atom stereocenters. The topological polar surface area (TPSA) is 0 Å². The molecule has 16 heavy (non-hydrogen) atoms. The fourth-order valence-corrected chi connectivity index (χ4v) is 4.51. The van der Waals surface area contributed by atoms with Gasteiger partial charge in [-0.15, -0.1) is 11.8 Å². The van der Waals surface area contributed by atoms with E-state index in [2.05, 4.69) is 48.0 Å². The lowest BCUT2D eigenvalue weighted by atomic mass is 9.72. The Morgan fingerprint density at radius 1 is 1.31 bits per heavy atom. The average Bonchev–Trinajstić information content (AvgIpc) is 2.19. The van der Waals surface area contributed by atoms with Crippen LogP contribution >= 0.6 is 27.7 Å². The first-order valence-electron chi connectivity index (χ1n) is 5.91. The summed E-state index contributed by atoms with van der Waals surface area (Å²) >= 11 is 5.71. The summed E-state index contributed by atoms with van der Waals surface area (Å²) in [6, 6.07) is 6.77. The molecule has 2 heteroatoms. The Balaban J connectivity index is 1.99. The largest absolute Gasteiger partial charge is 0.125 e. The van der Waals surface area contributed by atoms with Gasteiger partial charge < -0.3 is 0 Å². The fourth-order valence-electron chi connectivity index (χ4n) is 2.19. The molecule has 1 aromatic carbocycles. The number of aryl methyl sites for hydroxylation is 2. The summed E-state index contributed by atoms with van der Waals surface area (Å²) in [7, 11) is 0. The minimum Gasteiger partial charge on any atom is -0.125 e. The van der Waals surface area contributed by atoms with E-state index in [1.807, 2.05) is 11.8 Å². The van der Waals surface area contributed by atoms with E-state index in [1.165, 1.54) is 41.0 Å². The van der Waals surface area contributed by atoms with Crippen LogP contribution in [-0.2, 0) is 0 Å². The van der Waals surface area contributed by atoms with E-state index in [1.54, 1.807) is 0 Å². The Hall–Kier alpha value is 0.0500. The molecular formula is C14H19BrS. The molecule has 0 radical (unpaired) electrons. The maximum atomic E-state index is 3.67. The third-order valence-corrected chi connectivity index (χ3v) is 6.28. The molecular weight excluding hydrogens is 280 g/mol. The first kappa shape index (κ1) is 12.5. The zero-order chi connectivity index (χ0) is 11.6. The highest BCUT2D eigenvalue weighted by molar-refractivity contribution is 9.09. The first-order chi connectivity index (χ1) is 7.65. The minimum atomic E-state index is 0.585. The lowest BCUT2D eigenvalue weighted by Gasteiger charge is -2.40. The lowest BCUT2D eigenvalue weighted by molar-refractivity contribution is 0.206. The van der Waals surface area contributed by atoms with Gasteiger partial charge in [0.25, 0.3) is 0 Å². The average molecular weight is 299 g/mol. The fraction of sp³-hybridized carbons (Fsp3) is 0.571. The van der Waals surface area contributed by atoms with Crippen LogP contribution in [0.4, 0.5) is 0 Å². The van der Waals surface area contributed by atoms with Crippen molar-refractivity contribution in [1.29, 1.82) is 0 Å². The second kappa shape index (κ2) is 5.14. The molecule has 0 bridgehead atoms. The van der Waals surface area contributed by atoms with E-state index >= 15 is 0 Å². The van der Waals surface area contributed by atoms with Crippen LogP contribution in [0.25, 0.3) is 0 Å². The number of hydrogen-bond donors (Lipinski definition) is 0. The Kier molecular flexibility index (Phi) is 4.01. The van der Waals surface area contributed by atoms with Crippen LogP contribution in [-0.4, -0.2) is 11.1 Å². The molecule has 0 aliphatic heterocycles. The van der Waals surface area contributed by atoms with Crippen LogP contribution in [0.2, 0.25) is 0 Å². The van der Waals surface area contributed by atoms with Crippen molar-refractivity contribution < 1.29 is 0 Å². The van der Waals surface area contributed by atoms with Crippen LogP contribution in [0.1, 0.15) is 30.4 Å². The molecule has 88 valence electrons.